The second-order valence-corrected chi connectivity index (χ2v) is 7.28. The van der Waals surface area contributed by atoms with E-state index in [1.54, 1.807) is 6.26 Å². The van der Waals surface area contributed by atoms with Gasteiger partial charge in [0.25, 0.3) is 0 Å². The fraction of sp³-hybridized carbons (Fsp3) is 0.421. The highest BCUT2D eigenvalue weighted by Crippen LogP contribution is 2.25. The maximum Gasteiger partial charge on any atom is 0.174 e. The summed E-state index contributed by atoms with van der Waals surface area (Å²) in [7, 11) is 0. The molecule has 130 valence electrons. The van der Waals surface area contributed by atoms with Crippen LogP contribution in [0.4, 0.5) is 5.69 Å². The number of hydrogen-bond acceptors (Lipinski definition) is 2. The van der Waals surface area contributed by atoms with E-state index >= 15 is 0 Å². The summed E-state index contributed by atoms with van der Waals surface area (Å²) in [4.78, 5) is 2.18. The van der Waals surface area contributed by atoms with Gasteiger partial charge in [0.2, 0.25) is 0 Å². The number of furan rings is 1. The fourth-order valence-electron chi connectivity index (χ4n) is 2.47. The summed E-state index contributed by atoms with van der Waals surface area (Å²) in [6.07, 6.45) is 2.76. The van der Waals surface area contributed by atoms with Crippen LogP contribution in [0, 0.1) is 12.8 Å². The molecule has 5 heteroatoms. The van der Waals surface area contributed by atoms with E-state index in [9.17, 15) is 0 Å². The Labute approximate surface area is 155 Å². The zero-order valence-corrected chi connectivity index (χ0v) is 16.2. The molecule has 0 saturated heterocycles. The van der Waals surface area contributed by atoms with E-state index in [-0.39, 0.29) is 6.04 Å². The molecule has 3 nitrogen and oxygen atoms in total. The van der Waals surface area contributed by atoms with Gasteiger partial charge in [-0.15, -0.1) is 0 Å². The standard InChI is InChI=1S/C19H25ClN2OS/c1-13(2)9-10-22(15(4)18-6-5-11-23-18)19(24)21-17-12-16(20)8-7-14(17)3/h5-8,11-13,15H,9-10H2,1-4H3,(H,21,24)/t15-/m1/s1. The molecule has 1 N–H and O–H groups in total. The summed E-state index contributed by atoms with van der Waals surface area (Å²) in [5, 5.41) is 4.73. The smallest absolute Gasteiger partial charge is 0.174 e. The van der Waals surface area contributed by atoms with Crippen molar-refractivity contribution < 1.29 is 4.42 Å². The number of thiocarbonyl (C=S) groups is 1. The van der Waals surface area contributed by atoms with Gasteiger partial charge < -0.3 is 14.6 Å². The molecule has 0 bridgehead atoms. The molecule has 2 aromatic rings. The topological polar surface area (TPSA) is 28.4 Å². The average molecular weight is 365 g/mol. The van der Waals surface area contributed by atoms with Crippen LogP contribution in [0.5, 0.6) is 0 Å². The third kappa shape index (κ3) is 4.99. The monoisotopic (exact) mass is 364 g/mol. The number of hydrogen-bond donors (Lipinski definition) is 1. The van der Waals surface area contributed by atoms with Crippen molar-refractivity contribution in [3.8, 4) is 0 Å². The maximum atomic E-state index is 6.11. The number of aryl methyl sites for hydroxylation is 1. The highest BCUT2D eigenvalue weighted by Gasteiger charge is 2.21. The third-order valence-electron chi connectivity index (χ3n) is 4.07. The van der Waals surface area contributed by atoms with E-state index in [4.69, 9.17) is 28.2 Å². The van der Waals surface area contributed by atoms with Crippen molar-refractivity contribution in [1.29, 1.82) is 0 Å². The van der Waals surface area contributed by atoms with Crippen LogP contribution in [-0.2, 0) is 0 Å². The van der Waals surface area contributed by atoms with Gasteiger partial charge >= 0.3 is 0 Å². The molecule has 0 unspecified atom stereocenters. The number of rotatable bonds is 6. The lowest BCUT2D eigenvalue weighted by Crippen LogP contribution is -2.38. The lowest BCUT2D eigenvalue weighted by molar-refractivity contribution is 0.281. The Balaban J connectivity index is 2.18. The Morgan fingerprint density at radius 1 is 1.29 bits per heavy atom. The molecule has 0 aliphatic carbocycles. The first-order valence-corrected chi connectivity index (χ1v) is 9.04. The number of halogens is 1. The molecule has 0 aliphatic heterocycles. The van der Waals surface area contributed by atoms with E-state index in [0.717, 1.165) is 30.0 Å². The predicted molar refractivity (Wildman–Crippen MR) is 106 cm³/mol. The molecule has 0 spiro atoms. The first kappa shape index (κ1) is 18.8. The molecular formula is C19H25ClN2OS. The molecule has 24 heavy (non-hydrogen) atoms. The molecule has 0 saturated carbocycles. The molecule has 1 aromatic carbocycles. The number of benzene rings is 1. The molecule has 2 rings (SSSR count). The van der Waals surface area contributed by atoms with Crippen molar-refractivity contribution in [3.05, 3.63) is 52.9 Å². The quantitative estimate of drug-likeness (QED) is 0.632. The van der Waals surface area contributed by atoms with Crippen molar-refractivity contribution in [1.82, 2.24) is 4.90 Å². The van der Waals surface area contributed by atoms with Crippen molar-refractivity contribution in [2.45, 2.75) is 40.2 Å². The minimum absolute atomic E-state index is 0.0678. The van der Waals surface area contributed by atoms with Crippen LogP contribution in [0.1, 0.15) is 44.6 Å². The first-order valence-electron chi connectivity index (χ1n) is 8.25. The van der Waals surface area contributed by atoms with E-state index < -0.39 is 0 Å². The fourth-order valence-corrected chi connectivity index (χ4v) is 3.00. The first-order chi connectivity index (χ1) is 11.4. The average Bonchev–Trinajstić information content (AvgIpc) is 3.05. The Morgan fingerprint density at radius 3 is 2.67 bits per heavy atom. The van der Waals surface area contributed by atoms with Gasteiger partial charge in [0.15, 0.2) is 5.11 Å². The van der Waals surface area contributed by atoms with E-state index in [2.05, 4.69) is 31.0 Å². The van der Waals surface area contributed by atoms with Gasteiger partial charge in [-0.1, -0.05) is 31.5 Å². The molecule has 1 heterocycles. The third-order valence-corrected chi connectivity index (χ3v) is 4.64. The van der Waals surface area contributed by atoms with Crippen molar-refractivity contribution in [2.75, 3.05) is 11.9 Å². The van der Waals surface area contributed by atoms with Crippen LogP contribution in [0.15, 0.2) is 41.0 Å². The van der Waals surface area contributed by atoms with E-state index in [1.807, 2.05) is 37.3 Å². The minimum Gasteiger partial charge on any atom is -0.467 e. The minimum atomic E-state index is 0.0678. The Morgan fingerprint density at radius 2 is 2.04 bits per heavy atom. The second-order valence-electron chi connectivity index (χ2n) is 6.46. The predicted octanol–water partition coefficient (Wildman–Crippen LogP) is 6.05. The molecule has 0 fully saturated rings. The molecule has 0 radical (unpaired) electrons. The molecule has 1 aromatic heterocycles. The van der Waals surface area contributed by atoms with Gasteiger partial charge in [-0.3, -0.25) is 0 Å². The summed E-state index contributed by atoms with van der Waals surface area (Å²) in [6.45, 7) is 9.44. The summed E-state index contributed by atoms with van der Waals surface area (Å²) in [5.74, 6) is 1.51. The number of nitrogens with one attached hydrogen (secondary N) is 1. The summed E-state index contributed by atoms with van der Waals surface area (Å²) < 4.78 is 5.58. The van der Waals surface area contributed by atoms with Crippen LogP contribution in [-0.4, -0.2) is 16.6 Å². The van der Waals surface area contributed by atoms with E-state index in [1.165, 1.54) is 0 Å². The molecular weight excluding hydrogens is 340 g/mol. The Hall–Kier alpha value is -1.52. The summed E-state index contributed by atoms with van der Waals surface area (Å²) >= 11 is 11.8. The maximum absolute atomic E-state index is 6.11. The van der Waals surface area contributed by atoms with Gasteiger partial charge in [-0.2, -0.15) is 0 Å². The van der Waals surface area contributed by atoms with Crippen LogP contribution in [0.2, 0.25) is 5.02 Å². The van der Waals surface area contributed by atoms with Crippen molar-refractivity contribution in [3.63, 3.8) is 0 Å². The second kappa shape index (κ2) is 8.54. The summed E-state index contributed by atoms with van der Waals surface area (Å²) in [6, 6.07) is 9.74. The van der Waals surface area contributed by atoms with Crippen LogP contribution < -0.4 is 5.32 Å². The zero-order chi connectivity index (χ0) is 17.7. The highest BCUT2D eigenvalue weighted by atomic mass is 35.5. The normalized spacial score (nSPS) is 12.2. The van der Waals surface area contributed by atoms with Crippen LogP contribution in [0.3, 0.4) is 0 Å². The molecule has 0 amide bonds. The van der Waals surface area contributed by atoms with Gasteiger partial charge in [0.05, 0.1) is 12.3 Å². The highest BCUT2D eigenvalue weighted by molar-refractivity contribution is 7.80. The van der Waals surface area contributed by atoms with Gasteiger partial charge in [-0.25, -0.2) is 0 Å². The molecule has 1 atom stereocenters. The lowest BCUT2D eigenvalue weighted by atomic mass is 10.1. The SMILES string of the molecule is Cc1ccc(Cl)cc1NC(=S)N(CCC(C)C)[C@H](C)c1ccco1. The van der Waals surface area contributed by atoms with Crippen LogP contribution in [0.25, 0.3) is 0 Å². The number of anilines is 1. The molecule has 0 aliphatic rings. The number of nitrogens with zero attached hydrogens (tertiary/aromatic N) is 1. The van der Waals surface area contributed by atoms with Gasteiger partial charge in [-0.05, 0) is 68.2 Å². The van der Waals surface area contributed by atoms with Crippen molar-refractivity contribution in [2.24, 2.45) is 5.92 Å². The van der Waals surface area contributed by atoms with Gasteiger partial charge in [0, 0.05) is 17.3 Å². The van der Waals surface area contributed by atoms with Gasteiger partial charge in [0.1, 0.15) is 5.76 Å². The zero-order valence-electron chi connectivity index (χ0n) is 14.7. The largest absolute Gasteiger partial charge is 0.467 e. The Bertz CT molecular complexity index is 670. The van der Waals surface area contributed by atoms with E-state index in [0.29, 0.717) is 16.1 Å². The summed E-state index contributed by atoms with van der Waals surface area (Å²) in [5.41, 5.74) is 2.05. The Kier molecular flexibility index (Phi) is 6.69. The van der Waals surface area contributed by atoms with Crippen molar-refractivity contribution >= 4 is 34.6 Å². The lowest BCUT2D eigenvalue weighted by Gasteiger charge is -2.31. The van der Waals surface area contributed by atoms with Crippen LogP contribution >= 0.6 is 23.8 Å².